The summed E-state index contributed by atoms with van der Waals surface area (Å²) in [4.78, 5) is 31.5. The van der Waals surface area contributed by atoms with E-state index in [-0.39, 0.29) is 11.5 Å². The van der Waals surface area contributed by atoms with E-state index in [1.54, 1.807) is 52.9 Å². The molecule has 0 radical (unpaired) electrons. The molecule has 1 aliphatic heterocycles. The zero-order valence-electron chi connectivity index (χ0n) is 14.7. The van der Waals surface area contributed by atoms with Crippen LogP contribution >= 0.6 is 23.2 Å². The first-order chi connectivity index (χ1) is 12.9. The average Bonchev–Trinajstić information content (AvgIpc) is 3.12. The minimum absolute atomic E-state index is 0.0344. The molecule has 4 rings (SSSR count). The maximum Gasteiger partial charge on any atom is 0.261 e. The Kier molecular flexibility index (Phi) is 4.66. The van der Waals surface area contributed by atoms with Crippen LogP contribution in [0, 0.1) is 0 Å². The number of fused-ring (bicyclic) bond motifs is 2. The van der Waals surface area contributed by atoms with Gasteiger partial charge >= 0.3 is 0 Å². The Hall–Kier alpha value is -2.37. The predicted octanol–water partition coefficient (Wildman–Crippen LogP) is 3.92. The van der Waals surface area contributed by atoms with Crippen molar-refractivity contribution in [3.05, 3.63) is 73.7 Å². The van der Waals surface area contributed by atoms with Gasteiger partial charge in [-0.25, -0.2) is 4.98 Å². The number of nitrogens with zero attached hydrogens (tertiary/aromatic N) is 3. The summed E-state index contributed by atoms with van der Waals surface area (Å²) in [5, 5.41) is 1.61. The van der Waals surface area contributed by atoms with Gasteiger partial charge in [0.25, 0.3) is 11.5 Å². The van der Waals surface area contributed by atoms with Gasteiger partial charge in [0.1, 0.15) is 5.82 Å². The topological polar surface area (TPSA) is 55.2 Å². The van der Waals surface area contributed by atoms with Gasteiger partial charge in [0.05, 0.1) is 10.9 Å². The quantitative estimate of drug-likeness (QED) is 0.667. The zero-order chi connectivity index (χ0) is 19.1. The second-order valence-corrected chi connectivity index (χ2v) is 7.56. The Bertz CT molecular complexity index is 1120. The SMILES string of the molecule is CN(Cc1ccc(Cl)cc1Cl)C(=O)c1ccc2c(=O)n3c(nc2c1)CCC3. The van der Waals surface area contributed by atoms with Crippen LogP contribution in [0.2, 0.25) is 10.0 Å². The summed E-state index contributed by atoms with van der Waals surface area (Å²) in [7, 11) is 1.71. The maximum atomic E-state index is 12.8. The molecule has 0 aliphatic carbocycles. The molecular formula is C20H17Cl2N3O2. The van der Waals surface area contributed by atoms with Gasteiger partial charge in [0.15, 0.2) is 0 Å². The number of hydrogen-bond donors (Lipinski definition) is 0. The Morgan fingerprint density at radius 2 is 2.04 bits per heavy atom. The molecule has 1 aliphatic rings. The third kappa shape index (κ3) is 3.33. The number of rotatable bonds is 3. The van der Waals surface area contributed by atoms with E-state index in [2.05, 4.69) is 4.98 Å². The van der Waals surface area contributed by atoms with Crippen molar-refractivity contribution >= 4 is 40.0 Å². The van der Waals surface area contributed by atoms with Gasteiger partial charge in [0.2, 0.25) is 0 Å². The fraction of sp³-hybridized carbons (Fsp3) is 0.250. The van der Waals surface area contributed by atoms with Crippen LogP contribution in [0.3, 0.4) is 0 Å². The van der Waals surface area contributed by atoms with Crippen LogP contribution in [-0.4, -0.2) is 27.4 Å². The Balaban J connectivity index is 1.64. The molecule has 0 atom stereocenters. The Morgan fingerprint density at radius 3 is 2.81 bits per heavy atom. The zero-order valence-corrected chi connectivity index (χ0v) is 16.2. The van der Waals surface area contributed by atoms with Crippen LogP contribution in [0.4, 0.5) is 0 Å². The highest BCUT2D eigenvalue weighted by Gasteiger charge is 2.18. The van der Waals surface area contributed by atoms with Gasteiger partial charge in [-0.1, -0.05) is 29.3 Å². The van der Waals surface area contributed by atoms with E-state index in [1.165, 1.54) is 0 Å². The van der Waals surface area contributed by atoms with Crippen molar-refractivity contribution in [3.63, 3.8) is 0 Å². The van der Waals surface area contributed by atoms with Crippen LogP contribution in [0.15, 0.2) is 41.2 Å². The largest absolute Gasteiger partial charge is 0.337 e. The van der Waals surface area contributed by atoms with E-state index in [4.69, 9.17) is 23.2 Å². The van der Waals surface area contributed by atoms with Crippen molar-refractivity contribution in [2.24, 2.45) is 0 Å². The molecule has 2 aromatic carbocycles. The molecule has 138 valence electrons. The minimum atomic E-state index is -0.162. The summed E-state index contributed by atoms with van der Waals surface area (Å²) in [5.41, 5.74) is 1.83. The van der Waals surface area contributed by atoms with E-state index in [1.807, 2.05) is 0 Å². The minimum Gasteiger partial charge on any atom is -0.337 e. The van der Waals surface area contributed by atoms with Crippen molar-refractivity contribution in [2.45, 2.75) is 25.9 Å². The fourth-order valence-corrected chi connectivity index (χ4v) is 3.88. The molecule has 2 heterocycles. The van der Waals surface area contributed by atoms with Crippen molar-refractivity contribution in [2.75, 3.05) is 7.05 Å². The van der Waals surface area contributed by atoms with Gasteiger partial charge < -0.3 is 4.90 Å². The number of halogens is 2. The molecule has 1 aromatic heterocycles. The molecule has 7 heteroatoms. The van der Waals surface area contributed by atoms with E-state index in [0.717, 1.165) is 24.2 Å². The molecule has 0 bridgehead atoms. The molecule has 27 heavy (non-hydrogen) atoms. The lowest BCUT2D eigenvalue weighted by atomic mass is 10.1. The number of carbonyl (C=O) groups excluding carboxylic acids is 1. The molecule has 1 amide bonds. The molecule has 0 N–H and O–H groups in total. The van der Waals surface area contributed by atoms with E-state index in [0.29, 0.717) is 39.6 Å². The normalized spacial score (nSPS) is 13.0. The highest BCUT2D eigenvalue weighted by atomic mass is 35.5. The molecular weight excluding hydrogens is 385 g/mol. The first-order valence-electron chi connectivity index (χ1n) is 8.67. The van der Waals surface area contributed by atoms with Crippen molar-refractivity contribution in [1.29, 1.82) is 0 Å². The van der Waals surface area contributed by atoms with Gasteiger partial charge in [-0.15, -0.1) is 0 Å². The van der Waals surface area contributed by atoms with Gasteiger partial charge in [0, 0.05) is 42.2 Å². The standard InChI is InChI=1S/C20H17Cl2N3O2/c1-24(11-13-4-6-14(21)10-16(13)22)19(26)12-5-7-15-17(9-12)23-18-3-2-8-25(18)20(15)27/h4-7,9-10H,2-3,8,11H2,1H3. The summed E-state index contributed by atoms with van der Waals surface area (Å²) in [6, 6.07) is 10.3. The molecule has 0 fully saturated rings. The summed E-state index contributed by atoms with van der Waals surface area (Å²) < 4.78 is 1.72. The number of aromatic nitrogens is 2. The van der Waals surface area contributed by atoms with E-state index < -0.39 is 0 Å². The second-order valence-electron chi connectivity index (χ2n) is 6.72. The number of benzene rings is 2. The Labute approximate surface area is 166 Å². The summed E-state index contributed by atoms with van der Waals surface area (Å²) in [6.07, 6.45) is 1.72. The fourth-order valence-electron chi connectivity index (χ4n) is 3.41. The Morgan fingerprint density at radius 1 is 1.22 bits per heavy atom. The van der Waals surface area contributed by atoms with Crippen LogP contribution in [-0.2, 0) is 19.5 Å². The summed E-state index contributed by atoms with van der Waals surface area (Å²) in [5.74, 6) is 0.628. The van der Waals surface area contributed by atoms with Crippen LogP contribution < -0.4 is 5.56 Å². The van der Waals surface area contributed by atoms with Gasteiger partial charge in [-0.2, -0.15) is 0 Å². The van der Waals surface area contributed by atoms with Crippen molar-refractivity contribution in [1.82, 2.24) is 14.5 Å². The first kappa shape index (κ1) is 18.0. The lowest BCUT2D eigenvalue weighted by Crippen LogP contribution is -2.26. The van der Waals surface area contributed by atoms with Crippen molar-refractivity contribution < 1.29 is 4.79 Å². The summed E-state index contributed by atoms with van der Waals surface area (Å²) in [6.45, 7) is 1.07. The van der Waals surface area contributed by atoms with E-state index in [9.17, 15) is 9.59 Å². The highest BCUT2D eigenvalue weighted by Crippen LogP contribution is 2.23. The number of hydrogen-bond acceptors (Lipinski definition) is 3. The van der Waals surface area contributed by atoms with Crippen LogP contribution in [0.25, 0.3) is 10.9 Å². The first-order valence-corrected chi connectivity index (χ1v) is 9.42. The smallest absolute Gasteiger partial charge is 0.261 e. The number of amides is 1. The molecule has 0 saturated carbocycles. The maximum absolute atomic E-state index is 12.8. The third-order valence-corrected chi connectivity index (χ3v) is 5.42. The van der Waals surface area contributed by atoms with Crippen LogP contribution in [0.1, 0.15) is 28.2 Å². The molecule has 0 unspecified atom stereocenters. The van der Waals surface area contributed by atoms with Gasteiger partial charge in [-0.3, -0.25) is 14.2 Å². The van der Waals surface area contributed by atoms with E-state index >= 15 is 0 Å². The highest BCUT2D eigenvalue weighted by molar-refractivity contribution is 6.35. The monoisotopic (exact) mass is 401 g/mol. The number of carbonyl (C=O) groups is 1. The molecule has 5 nitrogen and oxygen atoms in total. The second kappa shape index (κ2) is 6.98. The van der Waals surface area contributed by atoms with Crippen molar-refractivity contribution in [3.8, 4) is 0 Å². The third-order valence-electron chi connectivity index (χ3n) is 4.83. The van der Waals surface area contributed by atoms with Crippen LogP contribution in [0.5, 0.6) is 0 Å². The lowest BCUT2D eigenvalue weighted by molar-refractivity contribution is 0.0785. The average molecular weight is 402 g/mol. The molecule has 3 aromatic rings. The van der Waals surface area contributed by atoms with Gasteiger partial charge in [-0.05, 0) is 42.3 Å². The number of aryl methyl sites for hydroxylation is 1. The lowest BCUT2D eigenvalue weighted by Gasteiger charge is -2.18. The molecule has 0 saturated heterocycles. The summed E-state index contributed by atoms with van der Waals surface area (Å²) >= 11 is 12.1. The predicted molar refractivity (Wildman–Crippen MR) is 107 cm³/mol. The molecule has 0 spiro atoms.